The van der Waals surface area contributed by atoms with E-state index >= 15 is 0 Å². The van der Waals surface area contributed by atoms with Gasteiger partial charge in [-0.3, -0.25) is 9.52 Å². The molecule has 166 valence electrons. The number of nitrogens with zero attached hydrogens (tertiary/aromatic N) is 1. The summed E-state index contributed by atoms with van der Waals surface area (Å²) < 4.78 is 45.8. The van der Waals surface area contributed by atoms with E-state index in [1.807, 2.05) is 6.07 Å². The molecule has 0 bridgehead atoms. The average Bonchev–Trinajstić information content (AvgIpc) is 2.79. The predicted molar refractivity (Wildman–Crippen MR) is 118 cm³/mol. The summed E-state index contributed by atoms with van der Waals surface area (Å²) in [6.45, 7) is 1.67. The van der Waals surface area contributed by atoms with E-state index in [0.717, 1.165) is 24.3 Å². The Balaban J connectivity index is 1.73. The Morgan fingerprint density at radius 2 is 1.56 bits per heavy atom. The summed E-state index contributed by atoms with van der Waals surface area (Å²) in [7, 11) is -4.07. The van der Waals surface area contributed by atoms with Crippen LogP contribution in [-0.4, -0.2) is 33.4 Å². The number of carbonyl (C=O) groups is 2. The minimum Gasteiger partial charge on any atom is -0.452 e. The van der Waals surface area contributed by atoms with Crippen LogP contribution in [-0.2, 0) is 19.6 Å². The molecule has 32 heavy (non-hydrogen) atoms. The second-order valence-corrected chi connectivity index (χ2v) is 8.34. The smallest absolute Gasteiger partial charge is 0.340 e. The number of benzene rings is 3. The summed E-state index contributed by atoms with van der Waals surface area (Å²) in [4.78, 5) is 26.5. The van der Waals surface area contributed by atoms with Crippen molar-refractivity contribution in [2.24, 2.45) is 0 Å². The van der Waals surface area contributed by atoms with Gasteiger partial charge in [-0.1, -0.05) is 30.3 Å². The van der Waals surface area contributed by atoms with Gasteiger partial charge in [-0.2, -0.15) is 0 Å². The summed E-state index contributed by atoms with van der Waals surface area (Å²) in [5.74, 6) is -1.86. The monoisotopic (exact) mass is 456 g/mol. The summed E-state index contributed by atoms with van der Waals surface area (Å²) >= 11 is 0. The number of para-hydroxylation sites is 2. The van der Waals surface area contributed by atoms with Crippen molar-refractivity contribution in [3.8, 4) is 0 Å². The molecule has 0 heterocycles. The van der Waals surface area contributed by atoms with Gasteiger partial charge < -0.3 is 9.64 Å². The van der Waals surface area contributed by atoms with Gasteiger partial charge in [0.15, 0.2) is 6.61 Å². The molecule has 0 aliphatic heterocycles. The van der Waals surface area contributed by atoms with Gasteiger partial charge in [-0.05, 0) is 55.5 Å². The van der Waals surface area contributed by atoms with E-state index in [-0.39, 0.29) is 16.1 Å². The van der Waals surface area contributed by atoms with E-state index in [9.17, 15) is 22.4 Å². The first-order valence-corrected chi connectivity index (χ1v) is 11.2. The quantitative estimate of drug-likeness (QED) is 0.520. The fourth-order valence-corrected chi connectivity index (χ4v) is 4.04. The van der Waals surface area contributed by atoms with Crippen LogP contribution < -0.4 is 9.62 Å². The molecule has 7 nitrogen and oxygen atoms in total. The molecule has 3 rings (SSSR count). The number of amides is 1. The van der Waals surface area contributed by atoms with Crippen LogP contribution >= 0.6 is 0 Å². The maximum absolute atomic E-state index is 13.1. The number of ether oxygens (including phenoxy) is 1. The zero-order chi connectivity index (χ0) is 23.1. The molecule has 0 fully saturated rings. The topological polar surface area (TPSA) is 92.8 Å². The maximum Gasteiger partial charge on any atom is 0.340 e. The molecule has 1 N–H and O–H groups in total. The lowest BCUT2D eigenvalue weighted by molar-refractivity contribution is -0.121. The summed E-state index contributed by atoms with van der Waals surface area (Å²) in [6, 6.07) is 19.1. The molecule has 0 spiro atoms. The van der Waals surface area contributed by atoms with Crippen LogP contribution in [0.5, 0.6) is 0 Å². The van der Waals surface area contributed by atoms with Crippen molar-refractivity contribution in [1.29, 1.82) is 0 Å². The fourth-order valence-electron chi connectivity index (χ4n) is 2.96. The third-order valence-electron chi connectivity index (χ3n) is 4.53. The largest absolute Gasteiger partial charge is 0.452 e. The van der Waals surface area contributed by atoms with Gasteiger partial charge in [0.1, 0.15) is 5.82 Å². The number of carbonyl (C=O) groups excluding carboxylic acids is 2. The number of halogens is 1. The summed E-state index contributed by atoms with van der Waals surface area (Å²) in [5, 5.41) is 0. The SMILES string of the molecule is CCN(C(=O)COC(=O)c1ccccc1NS(=O)(=O)c1ccc(F)cc1)c1ccccc1. The van der Waals surface area contributed by atoms with E-state index in [4.69, 9.17) is 4.74 Å². The van der Waals surface area contributed by atoms with E-state index in [0.29, 0.717) is 12.2 Å². The number of hydrogen-bond acceptors (Lipinski definition) is 5. The zero-order valence-electron chi connectivity index (χ0n) is 17.2. The molecule has 0 saturated carbocycles. The van der Waals surface area contributed by atoms with Gasteiger partial charge in [0.25, 0.3) is 15.9 Å². The molecule has 0 radical (unpaired) electrons. The van der Waals surface area contributed by atoms with Crippen LogP contribution in [0.1, 0.15) is 17.3 Å². The van der Waals surface area contributed by atoms with Crippen LogP contribution in [0.4, 0.5) is 15.8 Å². The van der Waals surface area contributed by atoms with Gasteiger partial charge in [0.05, 0.1) is 16.1 Å². The number of esters is 1. The maximum atomic E-state index is 13.1. The van der Waals surface area contributed by atoms with E-state index in [2.05, 4.69) is 4.72 Å². The Labute approximate surface area is 185 Å². The first-order chi connectivity index (χ1) is 15.3. The molecule has 0 atom stereocenters. The average molecular weight is 456 g/mol. The van der Waals surface area contributed by atoms with Crippen LogP contribution in [0, 0.1) is 5.82 Å². The van der Waals surface area contributed by atoms with Crippen molar-refractivity contribution in [2.75, 3.05) is 22.8 Å². The number of rotatable bonds is 8. The number of nitrogens with one attached hydrogen (secondary N) is 1. The highest BCUT2D eigenvalue weighted by Gasteiger charge is 2.21. The minimum absolute atomic E-state index is 0.0234. The second-order valence-electron chi connectivity index (χ2n) is 6.65. The molecular weight excluding hydrogens is 435 g/mol. The Kier molecular flexibility index (Phi) is 7.21. The van der Waals surface area contributed by atoms with Crippen molar-refractivity contribution in [1.82, 2.24) is 0 Å². The lowest BCUT2D eigenvalue weighted by atomic mass is 10.2. The summed E-state index contributed by atoms with van der Waals surface area (Å²) in [5.41, 5.74) is 0.585. The van der Waals surface area contributed by atoms with E-state index < -0.39 is 34.3 Å². The van der Waals surface area contributed by atoms with E-state index in [1.54, 1.807) is 37.3 Å². The van der Waals surface area contributed by atoms with Gasteiger partial charge in [0, 0.05) is 12.2 Å². The van der Waals surface area contributed by atoms with E-state index in [1.165, 1.54) is 23.1 Å². The molecule has 1 amide bonds. The zero-order valence-corrected chi connectivity index (χ0v) is 18.0. The van der Waals surface area contributed by atoms with Crippen molar-refractivity contribution in [3.63, 3.8) is 0 Å². The molecular formula is C23H21FN2O5S. The third kappa shape index (κ3) is 5.50. The highest BCUT2D eigenvalue weighted by atomic mass is 32.2. The van der Waals surface area contributed by atoms with Crippen LogP contribution in [0.25, 0.3) is 0 Å². The number of sulfonamides is 1. The Morgan fingerprint density at radius 1 is 0.938 bits per heavy atom. The third-order valence-corrected chi connectivity index (χ3v) is 5.91. The lowest BCUT2D eigenvalue weighted by Gasteiger charge is -2.21. The van der Waals surface area contributed by atoms with Crippen LogP contribution in [0.2, 0.25) is 0 Å². The first-order valence-electron chi connectivity index (χ1n) is 9.72. The number of anilines is 2. The number of likely N-dealkylation sites (N-methyl/N-ethyl adjacent to an activating group) is 1. The fraction of sp³-hybridized carbons (Fsp3) is 0.130. The van der Waals surface area contributed by atoms with Gasteiger partial charge in [0.2, 0.25) is 0 Å². The summed E-state index contributed by atoms with van der Waals surface area (Å²) in [6.07, 6.45) is 0. The molecule has 0 saturated heterocycles. The molecule has 0 aromatic heterocycles. The van der Waals surface area contributed by atoms with Gasteiger partial charge in [-0.25, -0.2) is 17.6 Å². The standard InChI is InChI=1S/C23H21FN2O5S/c1-2-26(18-8-4-3-5-9-18)22(27)16-31-23(28)20-10-6-7-11-21(20)25-32(29,30)19-14-12-17(24)13-15-19/h3-15,25H,2,16H2,1H3. The molecule has 0 aliphatic rings. The predicted octanol–water partition coefficient (Wildman–Crippen LogP) is 3.84. The molecule has 0 aliphatic carbocycles. The van der Waals surface area contributed by atoms with Crippen LogP contribution in [0.3, 0.4) is 0 Å². The molecule has 3 aromatic carbocycles. The highest BCUT2D eigenvalue weighted by Crippen LogP contribution is 2.21. The Morgan fingerprint density at radius 3 is 2.22 bits per heavy atom. The molecule has 0 unspecified atom stereocenters. The normalized spacial score (nSPS) is 10.9. The number of hydrogen-bond donors (Lipinski definition) is 1. The van der Waals surface area contributed by atoms with Crippen LogP contribution in [0.15, 0.2) is 83.8 Å². The van der Waals surface area contributed by atoms with Crippen molar-refractivity contribution < 1.29 is 27.1 Å². The van der Waals surface area contributed by atoms with Crippen molar-refractivity contribution >= 4 is 33.3 Å². The van der Waals surface area contributed by atoms with Gasteiger partial charge >= 0.3 is 5.97 Å². The second kappa shape index (κ2) is 10.1. The highest BCUT2D eigenvalue weighted by molar-refractivity contribution is 7.92. The Hall–Kier alpha value is -3.72. The minimum atomic E-state index is -4.07. The van der Waals surface area contributed by atoms with Crippen molar-refractivity contribution in [3.05, 3.63) is 90.2 Å². The van der Waals surface area contributed by atoms with Gasteiger partial charge in [-0.15, -0.1) is 0 Å². The van der Waals surface area contributed by atoms with Crippen molar-refractivity contribution in [2.45, 2.75) is 11.8 Å². The molecule has 3 aromatic rings. The molecule has 9 heteroatoms. The first kappa shape index (κ1) is 23.0. The lowest BCUT2D eigenvalue weighted by Crippen LogP contribution is -2.34. The Bertz CT molecular complexity index is 1200.